The van der Waals surface area contributed by atoms with E-state index in [2.05, 4.69) is 15.3 Å². The maximum atomic E-state index is 5.89. The van der Waals surface area contributed by atoms with Crippen LogP contribution in [0.2, 0.25) is 0 Å². The van der Waals surface area contributed by atoms with Crippen LogP contribution in [0.15, 0.2) is 73.1 Å². The Labute approximate surface area is 123 Å². The van der Waals surface area contributed by atoms with Crippen LogP contribution in [0.3, 0.4) is 0 Å². The lowest BCUT2D eigenvalue weighted by Crippen LogP contribution is -2.04. The van der Waals surface area contributed by atoms with E-state index in [1.54, 1.807) is 18.5 Å². The molecule has 0 aliphatic rings. The molecule has 0 atom stereocenters. The summed E-state index contributed by atoms with van der Waals surface area (Å²) in [5, 5.41) is 3.30. The monoisotopic (exact) mass is 277 g/mol. The van der Waals surface area contributed by atoms with Crippen molar-refractivity contribution >= 4 is 5.69 Å². The molecule has 4 heteroatoms. The Bertz CT molecular complexity index is 687. The van der Waals surface area contributed by atoms with Crippen molar-refractivity contribution in [3.63, 3.8) is 0 Å². The van der Waals surface area contributed by atoms with Crippen molar-refractivity contribution in [3.8, 4) is 11.5 Å². The molecule has 3 aromatic rings. The van der Waals surface area contributed by atoms with Gasteiger partial charge in [-0.2, -0.15) is 0 Å². The predicted molar refractivity (Wildman–Crippen MR) is 82.3 cm³/mol. The number of ether oxygens (including phenoxy) is 1. The third-order valence-corrected chi connectivity index (χ3v) is 2.91. The molecule has 0 unspecified atom stereocenters. The molecular weight excluding hydrogens is 262 g/mol. The lowest BCUT2D eigenvalue weighted by atomic mass is 10.3. The number of rotatable bonds is 5. The van der Waals surface area contributed by atoms with Crippen molar-refractivity contribution < 1.29 is 4.74 Å². The predicted octanol–water partition coefficient (Wildman–Crippen LogP) is 3.88. The Kier molecular flexibility index (Phi) is 4.07. The molecule has 1 aromatic heterocycles. The number of hydrogen-bond donors (Lipinski definition) is 1. The van der Waals surface area contributed by atoms with Gasteiger partial charge >= 0.3 is 0 Å². The van der Waals surface area contributed by atoms with Crippen LogP contribution in [-0.4, -0.2) is 9.97 Å². The lowest BCUT2D eigenvalue weighted by Gasteiger charge is -2.12. The minimum Gasteiger partial charge on any atom is -0.455 e. The van der Waals surface area contributed by atoms with Gasteiger partial charge in [-0.3, -0.25) is 0 Å². The van der Waals surface area contributed by atoms with Gasteiger partial charge in [0.15, 0.2) is 5.75 Å². The van der Waals surface area contributed by atoms with Crippen LogP contribution in [0.1, 0.15) is 5.82 Å². The van der Waals surface area contributed by atoms with E-state index in [9.17, 15) is 0 Å². The summed E-state index contributed by atoms with van der Waals surface area (Å²) < 4.78 is 5.89. The summed E-state index contributed by atoms with van der Waals surface area (Å²) in [5.41, 5.74) is 0.911. The molecule has 21 heavy (non-hydrogen) atoms. The van der Waals surface area contributed by atoms with Gasteiger partial charge in [-0.25, -0.2) is 9.97 Å². The molecular formula is C17H15N3O. The first-order valence-electron chi connectivity index (χ1n) is 6.73. The van der Waals surface area contributed by atoms with E-state index in [4.69, 9.17) is 4.74 Å². The van der Waals surface area contributed by atoms with Gasteiger partial charge in [0, 0.05) is 12.4 Å². The molecule has 1 heterocycles. The van der Waals surface area contributed by atoms with E-state index in [1.165, 1.54) is 0 Å². The van der Waals surface area contributed by atoms with Gasteiger partial charge in [0.05, 0.1) is 12.2 Å². The zero-order valence-corrected chi connectivity index (χ0v) is 11.4. The first-order valence-corrected chi connectivity index (χ1v) is 6.73. The molecule has 104 valence electrons. The second kappa shape index (κ2) is 6.52. The van der Waals surface area contributed by atoms with Gasteiger partial charge < -0.3 is 10.1 Å². The topological polar surface area (TPSA) is 47.0 Å². The highest BCUT2D eigenvalue weighted by molar-refractivity contribution is 5.57. The fraction of sp³-hybridized carbons (Fsp3) is 0.0588. The molecule has 1 N–H and O–H groups in total. The molecule has 0 aliphatic carbocycles. The number of nitrogens with one attached hydrogen (secondary N) is 1. The molecule has 0 spiro atoms. The molecule has 0 fully saturated rings. The Hall–Kier alpha value is -2.88. The van der Waals surface area contributed by atoms with Crippen molar-refractivity contribution in [1.82, 2.24) is 9.97 Å². The fourth-order valence-electron chi connectivity index (χ4n) is 1.91. The molecule has 0 saturated carbocycles. The third-order valence-electron chi connectivity index (χ3n) is 2.91. The SMILES string of the molecule is c1ccc(Oc2ccccc2NCc2ncccn2)cc1. The van der Waals surface area contributed by atoms with Crippen LogP contribution in [0.4, 0.5) is 5.69 Å². The van der Waals surface area contributed by atoms with Crippen LogP contribution in [0.25, 0.3) is 0 Å². The average molecular weight is 277 g/mol. The zero-order chi connectivity index (χ0) is 14.3. The van der Waals surface area contributed by atoms with E-state index < -0.39 is 0 Å². The van der Waals surface area contributed by atoms with E-state index in [1.807, 2.05) is 54.6 Å². The Morgan fingerprint density at radius 1 is 0.810 bits per heavy atom. The maximum Gasteiger partial charge on any atom is 0.150 e. The Morgan fingerprint density at radius 3 is 2.33 bits per heavy atom. The molecule has 0 aliphatic heterocycles. The Balaban J connectivity index is 1.73. The minimum absolute atomic E-state index is 0.552. The number of benzene rings is 2. The number of hydrogen-bond acceptors (Lipinski definition) is 4. The Morgan fingerprint density at radius 2 is 1.52 bits per heavy atom. The smallest absolute Gasteiger partial charge is 0.150 e. The minimum atomic E-state index is 0.552. The summed E-state index contributed by atoms with van der Waals surface area (Å²) in [6, 6.07) is 19.3. The highest BCUT2D eigenvalue weighted by Gasteiger charge is 2.04. The van der Waals surface area contributed by atoms with Crippen LogP contribution in [0, 0.1) is 0 Å². The maximum absolute atomic E-state index is 5.89. The molecule has 0 bridgehead atoms. The van der Waals surface area contributed by atoms with Gasteiger partial charge in [-0.15, -0.1) is 0 Å². The third kappa shape index (κ3) is 3.57. The highest BCUT2D eigenvalue weighted by Crippen LogP contribution is 2.29. The fourth-order valence-corrected chi connectivity index (χ4v) is 1.91. The highest BCUT2D eigenvalue weighted by atomic mass is 16.5. The quantitative estimate of drug-likeness (QED) is 0.768. The summed E-state index contributed by atoms with van der Waals surface area (Å²) in [7, 11) is 0. The largest absolute Gasteiger partial charge is 0.455 e. The van der Waals surface area contributed by atoms with Crippen molar-refractivity contribution in [2.45, 2.75) is 6.54 Å². The van der Waals surface area contributed by atoms with Crippen LogP contribution in [-0.2, 0) is 6.54 Å². The van der Waals surface area contributed by atoms with E-state index >= 15 is 0 Å². The average Bonchev–Trinajstić information content (AvgIpc) is 2.56. The second-order valence-electron chi connectivity index (χ2n) is 4.43. The second-order valence-corrected chi connectivity index (χ2v) is 4.43. The first-order chi connectivity index (χ1) is 10.4. The van der Waals surface area contributed by atoms with Crippen molar-refractivity contribution in [3.05, 3.63) is 78.9 Å². The first kappa shape index (κ1) is 13.1. The summed E-state index contributed by atoms with van der Waals surface area (Å²) in [4.78, 5) is 8.39. The number of nitrogens with zero attached hydrogens (tertiary/aromatic N) is 2. The van der Waals surface area contributed by atoms with Crippen LogP contribution < -0.4 is 10.1 Å². The standard InChI is InChI=1S/C17H15N3O/c1-2-7-14(8-3-1)21-16-10-5-4-9-15(16)20-13-17-18-11-6-12-19-17/h1-12,20H,13H2. The number of anilines is 1. The summed E-state index contributed by atoms with van der Waals surface area (Å²) >= 11 is 0. The van der Waals surface area contributed by atoms with Crippen LogP contribution >= 0.6 is 0 Å². The lowest BCUT2D eigenvalue weighted by molar-refractivity contribution is 0.484. The van der Waals surface area contributed by atoms with Gasteiger partial charge in [0.2, 0.25) is 0 Å². The van der Waals surface area contributed by atoms with Crippen LogP contribution in [0.5, 0.6) is 11.5 Å². The molecule has 0 saturated heterocycles. The van der Waals surface area contributed by atoms with Gasteiger partial charge in [0.1, 0.15) is 11.6 Å². The summed E-state index contributed by atoms with van der Waals surface area (Å²) in [5.74, 6) is 2.33. The molecule has 4 nitrogen and oxygen atoms in total. The number of aromatic nitrogens is 2. The van der Waals surface area contributed by atoms with Gasteiger partial charge in [0.25, 0.3) is 0 Å². The summed E-state index contributed by atoms with van der Waals surface area (Å²) in [6.45, 7) is 0.552. The van der Waals surface area contributed by atoms with E-state index in [-0.39, 0.29) is 0 Å². The molecule has 0 amide bonds. The van der Waals surface area contributed by atoms with Crippen molar-refractivity contribution in [2.75, 3.05) is 5.32 Å². The van der Waals surface area contributed by atoms with Gasteiger partial charge in [-0.1, -0.05) is 30.3 Å². The zero-order valence-electron chi connectivity index (χ0n) is 11.4. The van der Waals surface area contributed by atoms with Gasteiger partial charge in [-0.05, 0) is 30.3 Å². The molecule has 2 aromatic carbocycles. The molecule has 0 radical (unpaired) electrons. The van der Waals surface area contributed by atoms with Crippen molar-refractivity contribution in [2.24, 2.45) is 0 Å². The van der Waals surface area contributed by atoms with E-state index in [0.717, 1.165) is 23.0 Å². The normalized spacial score (nSPS) is 10.1. The van der Waals surface area contributed by atoms with E-state index in [0.29, 0.717) is 6.54 Å². The summed E-state index contributed by atoms with van der Waals surface area (Å²) in [6.07, 6.45) is 3.47. The molecule has 3 rings (SSSR count). The number of para-hydroxylation sites is 3. The van der Waals surface area contributed by atoms with Crippen molar-refractivity contribution in [1.29, 1.82) is 0 Å².